The first-order valence-electron chi connectivity index (χ1n) is 15.0. The number of hydrogen-bond acceptors (Lipinski definition) is 12. The first kappa shape index (κ1) is 35.0. The molecule has 0 saturated heterocycles. The lowest BCUT2D eigenvalue weighted by atomic mass is 10.2. The average Bonchev–Trinajstić information content (AvgIpc) is 3.03. The van der Waals surface area contributed by atoms with Gasteiger partial charge in [0.05, 0.1) is 41.3 Å². The standard InChI is InChI=1S/C33H42N9O4P/c1-10-28(43)37-24-17-25(27(45-7)18-26(24)42(6)16-15-41(4)5)39-33-36-19-21(32(44)46-20(2)3)31(40-33)38-23-12-11-22-29(30(23)47(8)9)35-14-13-34-22/h10-14,17-20H,1,15-16H2,2-9H3,(H,37,43)(H2,36,38,39,40). The minimum Gasteiger partial charge on any atom is -0.494 e. The zero-order valence-electron chi connectivity index (χ0n) is 28.1. The number of anilines is 6. The van der Waals surface area contributed by atoms with Crippen molar-refractivity contribution in [3.8, 4) is 5.75 Å². The molecule has 0 radical (unpaired) electrons. The van der Waals surface area contributed by atoms with Crippen LogP contribution in [0.5, 0.6) is 5.75 Å². The van der Waals surface area contributed by atoms with E-state index in [1.54, 1.807) is 39.4 Å². The van der Waals surface area contributed by atoms with Gasteiger partial charge in [0.25, 0.3) is 0 Å². The second kappa shape index (κ2) is 15.6. The summed E-state index contributed by atoms with van der Waals surface area (Å²) in [7, 11) is 6.86. The van der Waals surface area contributed by atoms with Gasteiger partial charge in [-0.25, -0.2) is 9.78 Å². The van der Waals surface area contributed by atoms with E-state index in [2.05, 4.69) is 55.7 Å². The molecule has 13 nitrogen and oxygen atoms in total. The number of hydrogen-bond donors (Lipinski definition) is 3. The first-order valence-corrected chi connectivity index (χ1v) is 17.2. The Kier molecular flexibility index (Phi) is 11.6. The number of amides is 1. The molecule has 0 aliphatic carbocycles. The number of carbonyl (C=O) groups is 2. The first-order chi connectivity index (χ1) is 22.4. The van der Waals surface area contributed by atoms with Gasteiger partial charge < -0.3 is 35.2 Å². The molecule has 1 amide bonds. The molecule has 248 valence electrons. The third kappa shape index (κ3) is 8.69. The molecule has 0 unspecified atom stereocenters. The molecule has 2 aromatic heterocycles. The van der Waals surface area contributed by atoms with Crippen LogP contribution >= 0.6 is 7.92 Å². The Balaban J connectivity index is 1.79. The topological polar surface area (TPSA) is 147 Å². The fraction of sp³-hybridized carbons (Fsp3) is 0.333. The van der Waals surface area contributed by atoms with Gasteiger partial charge in [-0.1, -0.05) is 14.5 Å². The highest BCUT2D eigenvalue weighted by atomic mass is 31.1. The van der Waals surface area contributed by atoms with Crippen LogP contribution in [0.2, 0.25) is 0 Å². The molecule has 2 heterocycles. The quantitative estimate of drug-likeness (QED) is 0.0954. The van der Waals surface area contributed by atoms with E-state index in [4.69, 9.17) is 14.5 Å². The molecule has 4 aromatic rings. The SMILES string of the molecule is C=CC(=O)Nc1cc(Nc2ncc(C(=O)OC(C)C)c(Nc3ccc4nccnc4c3P(C)C)n2)c(OC)cc1N(C)CCN(C)C. The van der Waals surface area contributed by atoms with E-state index < -0.39 is 13.9 Å². The number of likely N-dealkylation sites (N-methyl/N-ethyl adjacent to an activating group) is 2. The van der Waals surface area contributed by atoms with Crippen LogP contribution in [-0.2, 0) is 9.53 Å². The van der Waals surface area contributed by atoms with Gasteiger partial charge in [0.15, 0.2) is 5.82 Å². The molecule has 0 aliphatic heterocycles. The van der Waals surface area contributed by atoms with Crippen molar-refractivity contribution >= 4 is 70.7 Å². The summed E-state index contributed by atoms with van der Waals surface area (Å²) in [5, 5.41) is 10.5. The molecule has 0 fully saturated rings. The third-order valence-corrected chi connectivity index (χ3v) is 8.31. The second-order valence-electron chi connectivity index (χ2n) is 11.4. The van der Waals surface area contributed by atoms with Gasteiger partial charge in [-0.05, 0) is 65.5 Å². The molecular formula is C33H42N9O4P. The maximum atomic E-state index is 13.2. The Morgan fingerprint density at radius 3 is 2.40 bits per heavy atom. The van der Waals surface area contributed by atoms with Crippen molar-refractivity contribution in [2.24, 2.45) is 0 Å². The van der Waals surface area contributed by atoms with E-state index in [1.165, 1.54) is 12.3 Å². The second-order valence-corrected chi connectivity index (χ2v) is 13.7. The Morgan fingerprint density at radius 2 is 1.74 bits per heavy atom. The van der Waals surface area contributed by atoms with Crippen LogP contribution in [0.3, 0.4) is 0 Å². The fourth-order valence-corrected chi connectivity index (χ4v) is 5.90. The summed E-state index contributed by atoms with van der Waals surface area (Å²) in [6, 6.07) is 7.36. The maximum absolute atomic E-state index is 13.2. The van der Waals surface area contributed by atoms with Crippen LogP contribution in [0.4, 0.5) is 34.5 Å². The highest BCUT2D eigenvalue weighted by molar-refractivity contribution is 7.65. The lowest BCUT2D eigenvalue weighted by Crippen LogP contribution is -2.29. The minimum atomic E-state index is -0.638. The van der Waals surface area contributed by atoms with Crippen molar-refractivity contribution in [3.63, 3.8) is 0 Å². The molecule has 0 bridgehead atoms. The molecule has 2 aromatic carbocycles. The number of benzene rings is 2. The molecule has 0 atom stereocenters. The van der Waals surface area contributed by atoms with Crippen LogP contribution in [0, 0.1) is 0 Å². The Labute approximate surface area is 276 Å². The van der Waals surface area contributed by atoms with E-state index in [9.17, 15) is 9.59 Å². The Morgan fingerprint density at radius 1 is 1.00 bits per heavy atom. The number of nitrogens with zero attached hydrogens (tertiary/aromatic N) is 6. The smallest absolute Gasteiger partial charge is 0.343 e. The maximum Gasteiger partial charge on any atom is 0.343 e. The normalized spacial score (nSPS) is 11.1. The van der Waals surface area contributed by atoms with Crippen LogP contribution < -0.4 is 30.9 Å². The highest BCUT2D eigenvalue weighted by Crippen LogP contribution is 2.38. The number of fused-ring (bicyclic) bond motifs is 1. The predicted octanol–water partition coefficient (Wildman–Crippen LogP) is 4.97. The molecular weight excluding hydrogens is 617 g/mol. The van der Waals surface area contributed by atoms with Crippen molar-refractivity contribution in [1.82, 2.24) is 24.8 Å². The number of rotatable bonds is 14. The van der Waals surface area contributed by atoms with Crippen molar-refractivity contribution in [2.45, 2.75) is 20.0 Å². The van der Waals surface area contributed by atoms with E-state index in [0.717, 1.165) is 34.3 Å². The van der Waals surface area contributed by atoms with Crippen molar-refractivity contribution in [1.29, 1.82) is 0 Å². The Hall–Kier alpha value is -4.87. The molecule has 0 spiro atoms. The number of nitrogens with one attached hydrogen (secondary N) is 3. The van der Waals surface area contributed by atoms with Crippen LogP contribution in [0.1, 0.15) is 24.2 Å². The highest BCUT2D eigenvalue weighted by Gasteiger charge is 2.22. The molecule has 3 N–H and O–H groups in total. The fourth-order valence-electron chi connectivity index (χ4n) is 4.69. The predicted molar refractivity (Wildman–Crippen MR) is 191 cm³/mol. The van der Waals surface area contributed by atoms with E-state index in [1.807, 2.05) is 44.2 Å². The molecule has 4 rings (SSSR count). The number of methoxy groups -OCH3 is 1. The summed E-state index contributed by atoms with van der Waals surface area (Å²) in [6.07, 6.45) is 5.60. The number of esters is 1. The molecule has 47 heavy (non-hydrogen) atoms. The van der Waals surface area contributed by atoms with Gasteiger partial charge in [-0.15, -0.1) is 0 Å². The largest absolute Gasteiger partial charge is 0.494 e. The lowest BCUT2D eigenvalue weighted by Gasteiger charge is -2.26. The number of aromatic nitrogens is 4. The zero-order chi connectivity index (χ0) is 34.2. The molecule has 0 saturated carbocycles. The van der Waals surface area contributed by atoms with Crippen molar-refractivity contribution in [2.75, 3.05) is 75.5 Å². The molecule has 0 aliphatic rings. The number of ether oxygens (including phenoxy) is 2. The number of carbonyl (C=O) groups excluding carboxylic acids is 2. The van der Waals surface area contributed by atoms with E-state index in [-0.39, 0.29) is 29.3 Å². The van der Waals surface area contributed by atoms with Crippen LogP contribution in [-0.4, -0.2) is 97.5 Å². The molecule has 14 heteroatoms. The van der Waals surface area contributed by atoms with E-state index in [0.29, 0.717) is 23.7 Å². The van der Waals surface area contributed by atoms with Gasteiger partial charge >= 0.3 is 5.97 Å². The monoisotopic (exact) mass is 659 g/mol. The zero-order valence-corrected chi connectivity index (χ0v) is 29.0. The van der Waals surface area contributed by atoms with Crippen LogP contribution in [0.15, 0.2) is 55.5 Å². The summed E-state index contributed by atoms with van der Waals surface area (Å²) >= 11 is 0. The average molecular weight is 660 g/mol. The summed E-state index contributed by atoms with van der Waals surface area (Å²) in [5.41, 5.74) is 4.24. The van der Waals surface area contributed by atoms with Gasteiger partial charge in [-0.2, -0.15) is 4.98 Å². The van der Waals surface area contributed by atoms with Gasteiger partial charge in [0.2, 0.25) is 11.9 Å². The summed E-state index contributed by atoms with van der Waals surface area (Å²) in [5.74, 6) is -0.00855. The van der Waals surface area contributed by atoms with Gasteiger partial charge in [0, 0.05) is 55.8 Å². The van der Waals surface area contributed by atoms with Crippen molar-refractivity contribution in [3.05, 3.63) is 61.1 Å². The lowest BCUT2D eigenvalue weighted by molar-refractivity contribution is -0.111. The van der Waals surface area contributed by atoms with E-state index >= 15 is 0 Å². The summed E-state index contributed by atoms with van der Waals surface area (Å²) < 4.78 is 11.3. The minimum absolute atomic E-state index is 0.162. The summed E-state index contributed by atoms with van der Waals surface area (Å²) in [4.78, 5) is 47.9. The van der Waals surface area contributed by atoms with Crippen LogP contribution in [0.25, 0.3) is 11.0 Å². The third-order valence-electron chi connectivity index (χ3n) is 6.97. The van der Waals surface area contributed by atoms with Gasteiger partial charge in [0.1, 0.15) is 11.3 Å². The van der Waals surface area contributed by atoms with Crippen molar-refractivity contribution < 1.29 is 19.1 Å². The summed E-state index contributed by atoms with van der Waals surface area (Å²) in [6.45, 7) is 12.9. The Bertz CT molecular complexity index is 1760. The van der Waals surface area contributed by atoms with Gasteiger partial charge in [-0.3, -0.25) is 14.8 Å².